The third kappa shape index (κ3) is 4.67. The van der Waals surface area contributed by atoms with Gasteiger partial charge < -0.3 is 15.4 Å². The van der Waals surface area contributed by atoms with E-state index in [0.717, 1.165) is 42.3 Å². The van der Waals surface area contributed by atoms with Gasteiger partial charge in [0.05, 0.1) is 24.5 Å². The Morgan fingerprint density at radius 3 is 3.09 bits per heavy atom. The molecule has 1 fully saturated rings. The molecule has 3 rings (SSSR count). The van der Waals surface area contributed by atoms with E-state index in [0.29, 0.717) is 11.7 Å². The molecule has 0 aliphatic carbocycles. The first-order valence-corrected chi connectivity index (χ1v) is 8.41. The predicted molar refractivity (Wildman–Crippen MR) is 96.0 cm³/mol. The van der Waals surface area contributed by atoms with E-state index in [4.69, 9.17) is 28.6 Å². The minimum Gasteiger partial charge on any atom is -0.376 e. The molecule has 1 unspecified atom stereocenters. The van der Waals surface area contributed by atoms with E-state index in [1.807, 2.05) is 35.1 Å². The summed E-state index contributed by atoms with van der Waals surface area (Å²) in [4.78, 5) is 0. The van der Waals surface area contributed by atoms with E-state index in [9.17, 15) is 0 Å². The van der Waals surface area contributed by atoms with Crippen molar-refractivity contribution >= 4 is 34.6 Å². The highest BCUT2D eigenvalue weighted by atomic mass is 35.5. The summed E-state index contributed by atoms with van der Waals surface area (Å²) in [7, 11) is 0. The molecule has 1 aromatic heterocycles. The van der Waals surface area contributed by atoms with Crippen molar-refractivity contribution in [2.45, 2.75) is 25.5 Å². The van der Waals surface area contributed by atoms with Gasteiger partial charge in [-0.2, -0.15) is 5.10 Å². The van der Waals surface area contributed by atoms with Crippen LogP contribution in [0.4, 0.5) is 5.69 Å². The van der Waals surface area contributed by atoms with E-state index in [-0.39, 0.29) is 6.10 Å². The van der Waals surface area contributed by atoms with Crippen LogP contribution in [-0.2, 0) is 11.3 Å². The lowest BCUT2D eigenvalue weighted by Crippen LogP contribution is -2.34. The molecule has 1 saturated heterocycles. The second kappa shape index (κ2) is 7.77. The Morgan fingerprint density at radius 1 is 1.43 bits per heavy atom. The monoisotopic (exact) mass is 350 g/mol. The van der Waals surface area contributed by atoms with Crippen LogP contribution in [0.15, 0.2) is 36.7 Å². The van der Waals surface area contributed by atoms with E-state index >= 15 is 0 Å². The molecule has 2 aromatic rings. The fraction of sp³-hybridized carbons (Fsp3) is 0.375. The van der Waals surface area contributed by atoms with Gasteiger partial charge >= 0.3 is 0 Å². The van der Waals surface area contributed by atoms with Crippen LogP contribution in [0.5, 0.6) is 0 Å². The number of nitrogens with zero attached hydrogens (tertiary/aromatic N) is 2. The molecule has 2 N–H and O–H groups in total. The normalized spacial score (nSPS) is 17.2. The Balaban J connectivity index is 1.50. The average Bonchev–Trinajstić information content (AvgIpc) is 3.19. The van der Waals surface area contributed by atoms with Gasteiger partial charge in [0.15, 0.2) is 5.11 Å². The lowest BCUT2D eigenvalue weighted by Gasteiger charge is -2.13. The number of thiocarbonyl (C=S) groups is 1. The quantitative estimate of drug-likeness (QED) is 0.812. The summed E-state index contributed by atoms with van der Waals surface area (Å²) in [6.07, 6.45) is 6.13. The van der Waals surface area contributed by atoms with E-state index in [2.05, 4.69) is 15.7 Å². The van der Waals surface area contributed by atoms with Gasteiger partial charge in [0.2, 0.25) is 0 Å². The summed E-state index contributed by atoms with van der Waals surface area (Å²) >= 11 is 11.5. The van der Waals surface area contributed by atoms with Gasteiger partial charge in [-0.3, -0.25) is 4.68 Å². The number of nitrogens with one attached hydrogen (secondary N) is 2. The van der Waals surface area contributed by atoms with E-state index in [1.54, 1.807) is 6.20 Å². The molecule has 1 atom stereocenters. The van der Waals surface area contributed by atoms with Crippen LogP contribution in [0, 0.1) is 0 Å². The maximum Gasteiger partial charge on any atom is 0.170 e. The highest BCUT2D eigenvalue weighted by Crippen LogP contribution is 2.17. The molecule has 1 aromatic carbocycles. The van der Waals surface area contributed by atoms with Crippen molar-refractivity contribution in [3.8, 4) is 0 Å². The van der Waals surface area contributed by atoms with Crippen LogP contribution < -0.4 is 10.6 Å². The molecule has 7 heteroatoms. The van der Waals surface area contributed by atoms with Gasteiger partial charge in [0, 0.05) is 24.4 Å². The molecule has 0 amide bonds. The van der Waals surface area contributed by atoms with Gasteiger partial charge in [-0.1, -0.05) is 29.8 Å². The summed E-state index contributed by atoms with van der Waals surface area (Å²) in [5.74, 6) is 0. The van der Waals surface area contributed by atoms with Gasteiger partial charge in [-0.15, -0.1) is 0 Å². The highest BCUT2D eigenvalue weighted by Gasteiger charge is 2.15. The van der Waals surface area contributed by atoms with Crippen molar-refractivity contribution in [1.29, 1.82) is 0 Å². The Labute approximate surface area is 146 Å². The summed E-state index contributed by atoms with van der Waals surface area (Å²) in [5, 5.41) is 12.0. The van der Waals surface area contributed by atoms with Crippen LogP contribution in [0.3, 0.4) is 0 Å². The van der Waals surface area contributed by atoms with E-state index < -0.39 is 0 Å². The molecule has 1 aliphatic heterocycles. The number of hydrogen-bond acceptors (Lipinski definition) is 3. The van der Waals surface area contributed by atoms with Crippen LogP contribution in [0.1, 0.15) is 18.4 Å². The van der Waals surface area contributed by atoms with E-state index in [1.165, 1.54) is 0 Å². The summed E-state index contributed by atoms with van der Waals surface area (Å²) in [6.45, 7) is 2.21. The molecule has 5 nitrogen and oxygen atoms in total. The molecule has 2 heterocycles. The number of halogens is 1. The fourth-order valence-electron chi connectivity index (χ4n) is 2.50. The van der Waals surface area contributed by atoms with Crippen molar-refractivity contribution in [2.24, 2.45) is 0 Å². The lowest BCUT2D eigenvalue weighted by atomic mass is 10.2. The number of rotatable bonds is 5. The summed E-state index contributed by atoms with van der Waals surface area (Å²) < 4.78 is 7.38. The molecule has 0 spiro atoms. The van der Waals surface area contributed by atoms with Crippen molar-refractivity contribution in [3.05, 3.63) is 47.2 Å². The topological polar surface area (TPSA) is 51.1 Å². The number of ether oxygens (including phenoxy) is 1. The summed E-state index contributed by atoms with van der Waals surface area (Å²) in [6, 6.07) is 7.75. The molecule has 23 heavy (non-hydrogen) atoms. The Morgan fingerprint density at radius 2 is 2.30 bits per heavy atom. The standard InChI is InChI=1S/C16H19ClN4OS/c17-15-6-2-1-4-12(15)10-21-11-13(8-19-21)20-16(23)18-9-14-5-3-7-22-14/h1-2,4,6,8,11,14H,3,5,7,9-10H2,(H2,18,20,23). The first-order valence-electron chi connectivity index (χ1n) is 7.63. The third-order valence-electron chi connectivity index (χ3n) is 3.70. The van der Waals surface area contributed by atoms with Crippen LogP contribution >= 0.6 is 23.8 Å². The highest BCUT2D eigenvalue weighted by molar-refractivity contribution is 7.80. The fourth-order valence-corrected chi connectivity index (χ4v) is 2.90. The third-order valence-corrected chi connectivity index (χ3v) is 4.31. The minimum absolute atomic E-state index is 0.262. The number of aromatic nitrogens is 2. The largest absolute Gasteiger partial charge is 0.376 e. The summed E-state index contributed by atoms with van der Waals surface area (Å²) in [5.41, 5.74) is 1.88. The SMILES string of the molecule is S=C(NCC1CCCO1)Nc1cnn(Cc2ccccc2Cl)c1. The van der Waals surface area contributed by atoms with Gasteiger partial charge in [-0.05, 0) is 36.7 Å². The van der Waals surface area contributed by atoms with Crippen molar-refractivity contribution in [2.75, 3.05) is 18.5 Å². The Hall–Kier alpha value is -1.63. The molecule has 1 aliphatic rings. The number of benzene rings is 1. The first kappa shape index (κ1) is 16.2. The molecule has 0 bridgehead atoms. The number of hydrogen-bond donors (Lipinski definition) is 2. The lowest BCUT2D eigenvalue weighted by molar-refractivity contribution is 0.114. The zero-order chi connectivity index (χ0) is 16.1. The van der Waals surface area contributed by atoms with Crippen molar-refractivity contribution in [3.63, 3.8) is 0 Å². The van der Waals surface area contributed by atoms with Gasteiger partial charge in [0.1, 0.15) is 0 Å². The van der Waals surface area contributed by atoms with Crippen LogP contribution in [-0.4, -0.2) is 34.1 Å². The minimum atomic E-state index is 0.262. The van der Waals surface area contributed by atoms with Crippen LogP contribution in [0.2, 0.25) is 5.02 Å². The van der Waals surface area contributed by atoms with Gasteiger partial charge in [-0.25, -0.2) is 0 Å². The van der Waals surface area contributed by atoms with Crippen LogP contribution in [0.25, 0.3) is 0 Å². The predicted octanol–water partition coefficient (Wildman–Crippen LogP) is 3.05. The second-order valence-corrected chi connectivity index (χ2v) is 6.30. The van der Waals surface area contributed by atoms with Crippen molar-refractivity contribution < 1.29 is 4.74 Å². The zero-order valence-corrected chi connectivity index (χ0v) is 14.2. The maximum atomic E-state index is 6.17. The molecule has 0 saturated carbocycles. The average molecular weight is 351 g/mol. The Kier molecular flexibility index (Phi) is 5.48. The molecular weight excluding hydrogens is 332 g/mol. The van der Waals surface area contributed by atoms with Crippen molar-refractivity contribution in [1.82, 2.24) is 15.1 Å². The zero-order valence-electron chi connectivity index (χ0n) is 12.7. The maximum absolute atomic E-state index is 6.17. The molecular formula is C16H19ClN4OS. The molecule has 0 radical (unpaired) electrons. The molecule has 122 valence electrons. The smallest absolute Gasteiger partial charge is 0.170 e. The Bertz CT molecular complexity index is 670. The second-order valence-electron chi connectivity index (χ2n) is 5.49. The van der Waals surface area contributed by atoms with Gasteiger partial charge in [0.25, 0.3) is 0 Å². The first-order chi connectivity index (χ1) is 11.2. The number of anilines is 1.